The summed E-state index contributed by atoms with van der Waals surface area (Å²) in [4.78, 5) is 4.26. The van der Waals surface area contributed by atoms with Crippen molar-refractivity contribution in [2.45, 2.75) is 19.8 Å². The van der Waals surface area contributed by atoms with Gasteiger partial charge in [-0.05, 0) is 5.92 Å². The van der Waals surface area contributed by atoms with Crippen LogP contribution in [0.3, 0.4) is 0 Å². The number of rotatable bonds is 1. The summed E-state index contributed by atoms with van der Waals surface area (Å²) in [7, 11) is 2.61. The molecule has 0 amide bonds. The van der Waals surface area contributed by atoms with E-state index in [1.807, 2.05) is 23.0 Å². The molecule has 2 aromatic heterocycles. The van der Waals surface area contributed by atoms with Crippen LogP contribution >= 0.6 is 9.24 Å². The van der Waals surface area contributed by atoms with E-state index in [1.54, 1.807) is 0 Å². The van der Waals surface area contributed by atoms with Crippen molar-refractivity contribution >= 4 is 20.2 Å². The Hall–Kier alpha value is -0.950. The van der Waals surface area contributed by atoms with Gasteiger partial charge in [0.2, 0.25) is 0 Å². The van der Waals surface area contributed by atoms with Gasteiger partial charge in [0, 0.05) is 23.8 Å². The maximum absolute atomic E-state index is 4.41. The van der Waals surface area contributed by atoms with E-state index in [2.05, 4.69) is 33.2 Å². The lowest BCUT2D eigenvalue weighted by molar-refractivity contribution is 0.787. The third kappa shape index (κ3) is 1.56. The molecule has 2 rings (SSSR count). The SMILES string of the molecule is CC(C)c1cc2ncc(P)cn2n1. The average Bonchev–Trinajstić information content (AvgIpc) is 2.46. The van der Waals surface area contributed by atoms with E-state index in [-0.39, 0.29) is 0 Å². The minimum Gasteiger partial charge on any atom is -0.236 e. The van der Waals surface area contributed by atoms with Crippen molar-refractivity contribution in [3.63, 3.8) is 0 Å². The van der Waals surface area contributed by atoms with E-state index in [0.717, 1.165) is 16.6 Å². The van der Waals surface area contributed by atoms with Gasteiger partial charge in [0.15, 0.2) is 5.65 Å². The van der Waals surface area contributed by atoms with Crippen molar-refractivity contribution in [3.05, 3.63) is 24.2 Å². The zero-order chi connectivity index (χ0) is 9.42. The molecule has 2 heterocycles. The van der Waals surface area contributed by atoms with Crippen LogP contribution in [0.2, 0.25) is 0 Å². The first-order chi connectivity index (χ1) is 6.16. The van der Waals surface area contributed by atoms with Crippen molar-refractivity contribution in [1.29, 1.82) is 0 Å². The summed E-state index contributed by atoms with van der Waals surface area (Å²) in [6.07, 6.45) is 3.78. The highest BCUT2D eigenvalue weighted by atomic mass is 31.0. The second-order valence-electron chi connectivity index (χ2n) is 3.41. The summed E-state index contributed by atoms with van der Waals surface area (Å²) in [5.74, 6) is 0.453. The molecule has 3 nitrogen and oxygen atoms in total. The van der Waals surface area contributed by atoms with Crippen LogP contribution in [-0.4, -0.2) is 14.6 Å². The van der Waals surface area contributed by atoms with Crippen LogP contribution < -0.4 is 5.30 Å². The molecule has 0 bridgehead atoms. The van der Waals surface area contributed by atoms with Gasteiger partial charge in [-0.3, -0.25) is 0 Å². The second kappa shape index (κ2) is 3.08. The quantitative estimate of drug-likeness (QED) is 0.640. The topological polar surface area (TPSA) is 30.2 Å². The molecule has 0 radical (unpaired) electrons. The molecule has 2 aromatic rings. The van der Waals surface area contributed by atoms with Crippen molar-refractivity contribution in [1.82, 2.24) is 14.6 Å². The Balaban J connectivity index is 2.62. The summed E-state index contributed by atoms with van der Waals surface area (Å²) in [6, 6.07) is 2.02. The fraction of sp³-hybridized carbons (Fsp3) is 0.333. The standard InChI is InChI=1S/C9H12N3P/c1-6(2)8-3-9-10-4-7(13)5-12(9)11-8/h3-6H,13H2,1-2H3. The maximum atomic E-state index is 4.41. The Morgan fingerprint density at radius 2 is 2.23 bits per heavy atom. The molecule has 0 N–H and O–H groups in total. The minimum absolute atomic E-state index is 0.453. The van der Waals surface area contributed by atoms with Crippen LogP contribution in [0.25, 0.3) is 5.65 Å². The van der Waals surface area contributed by atoms with E-state index < -0.39 is 0 Å². The highest BCUT2D eigenvalue weighted by molar-refractivity contribution is 7.27. The Kier molecular flexibility index (Phi) is 2.04. The zero-order valence-electron chi connectivity index (χ0n) is 7.73. The van der Waals surface area contributed by atoms with Gasteiger partial charge in [0.05, 0.1) is 5.69 Å². The van der Waals surface area contributed by atoms with Gasteiger partial charge in [0.25, 0.3) is 0 Å². The summed E-state index contributed by atoms with van der Waals surface area (Å²) < 4.78 is 1.82. The molecule has 0 aliphatic carbocycles. The molecule has 1 atom stereocenters. The number of aromatic nitrogens is 3. The first-order valence-electron chi connectivity index (χ1n) is 4.27. The van der Waals surface area contributed by atoms with Gasteiger partial charge >= 0.3 is 0 Å². The molecule has 13 heavy (non-hydrogen) atoms. The molecule has 68 valence electrons. The lowest BCUT2D eigenvalue weighted by atomic mass is 10.1. The summed E-state index contributed by atoms with van der Waals surface area (Å²) in [5, 5.41) is 5.46. The molecule has 1 unspecified atom stereocenters. The Morgan fingerprint density at radius 3 is 2.92 bits per heavy atom. The molecular formula is C9H12N3P. The maximum Gasteiger partial charge on any atom is 0.155 e. The van der Waals surface area contributed by atoms with Gasteiger partial charge in [-0.15, -0.1) is 9.24 Å². The van der Waals surface area contributed by atoms with Crippen molar-refractivity contribution in [3.8, 4) is 0 Å². The monoisotopic (exact) mass is 193 g/mol. The van der Waals surface area contributed by atoms with Crippen LogP contribution in [0, 0.1) is 0 Å². The molecular weight excluding hydrogens is 181 g/mol. The van der Waals surface area contributed by atoms with Gasteiger partial charge < -0.3 is 0 Å². The summed E-state index contributed by atoms with van der Waals surface area (Å²) in [5.41, 5.74) is 2.00. The molecule has 0 aliphatic rings. The number of nitrogens with zero attached hydrogens (tertiary/aromatic N) is 3. The molecule has 0 fully saturated rings. The largest absolute Gasteiger partial charge is 0.236 e. The third-order valence-corrected chi connectivity index (χ3v) is 2.24. The number of fused-ring (bicyclic) bond motifs is 1. The second-order valence-corrected chi connectivity index (χ2v) is 4.08. The van der Waals surface area contributed by atoms with Gasteiger partial charge in [-0.2, -0.15) is 5.10 Å². The Morgan fingerprint density at radius 1 is 1.46 bits per heavy atom. The molecule has 0 saturated heterocycles. The zero-order valence-corrected chi connectivity index (χ0v) is 8.88. The minimum atomic E-state index is 0.453. The lowest BCUT2D eigenvalue weighted by Gasteiger charge is -1.95. The van der Waals surface area contributed by atoms with Crippen LogP contribution in [0.1, 0.15) is 25.5 Å². The highest BCUT2D eigenvalue weighted by Gasteiger charge is 2.05. The van der Waals surface area contributed by atoms with Crippen LogP contribution in [-0.2, 0) is 0 Å². The van der Waals surface area contributed by atoms with Gasteiger partial charge in [0.1, 0.15) is 0 Å². The number of hydrogen-bond acceptors (Lipinski definition) is 2. The van der Waals surface area contributed by atoms with E-state index in [9.17, 15) is 0 Å². The molecule has 4 heteroatoms. The molecule has 0 aromatic carbocycles. The third-order valence-electron chi connectivity index (χ3n) is 1.94. The van der Waals surface area contributed by atoms with E-state index in [1.165, 1.54) is 0 Å². The first-order valence-corrected chi connectivity index (χ1v) is 4.85. The predicted octanol–water partition coefficient (Wildman–Crippen LogP) is 1.35. The fourth-order valence-electron chi connectivity index (χ4n) is 1.19. The predicted molar refractivity (Wildman–Crippen MR) is 56.4 cm³/mol. The lowest BCUT2D eigenvalue weighted by Crippen LogP contribution is -1.99. The summed E-state index contributed by atoms with van der Waals surface area (Å²) >= 11 is 0. The van der Waals surface area contributed by atoms with E-state index >= 15 is 0 Å². The normalized spacial score (nSPS) is 11.4. The Bertz CT molecular complexity index is 433. The van der Waals surface area contributed by atoms with Gasteiger partial charge in [-0.25, -0.2) is 9.50 Å². The number of hydrogen-bond donors (Lipinski definition) is 0. The van der Waals surface area contributed by atoms with Crippen molar-refractivity contribution in [2.75, 3.05) is 0 Å². The van der Waals surface area contributed by atoms with Crippen LogP contribution in [0.15, 0.2) is 18.5 Å². The highest BCUT2D eigenvalue weighted by Crippen LogP contribution is 2.13. The first kappa shape index (κ1) is 8.64. The smallest absolute Gasteiger partial charge is 0.155 e. The van der Waals surface area contributed by atoms with Crippen molar-refractivity contribution < 1.29 is 0 Å². The van der Waals surface area contributed by atoms with Crippen molar-refractivity contribution in [2.24, 2.45) is 0 Å². The molecule has 0 spiro atoms. The Labute approximate surface area is 79.4 Å². The van der Waals surface area contributed by atoms with Crippen LogP contribution in [0.5, 0.6) is 0 Å². The summed E-state index contributed by atoms with van der Waals surface area (Å²) in [6.45, 7) is 4.26. The average molecular weight is 193 g/mol. The molecule has 0 aliphatic heterocycles. The van der Waals surface area contributed by atoms with Gasteiger partial charge in [-0.1, -0.05) is 13.8 Å². The van der Waals surface area contributed by atoms with E-state index in [4.69, 9.17) is 0 Å². The van der Waals surface area contributed by atoms with E-state index in [0.29, 0.717) is 5.92 Å². The van der Waals surface area contributed by atoms with Crippen LogP contribution in [0.4, 0.5) is 0 Å². The fourth-order valence-corrected chi connectivity index (χ4v) is 1.41. The molecule has 0 saturated carbocycles.